The standard InChI is InChI=1S/C13H24BNO/c1-11-3-5-12(6-4-11)13-7-9-15(10-8-13)14(2)16/h12-13,16H,1,3-10H2,2H3. The molecule has 0 aromatic rings. The smallest absolute Gasteiger partial charge is 0.376 e. The minimum Gasteiger partial charge on any atom is -0.437 e. The summed E-state index contributed by atoms with van der Waals surface area (Å²) in [5.74, 6) is 1.84. The fourth-order valence-electron chi connectivity index (χ4n) is 3.28. The third-order valence-corrected chi connectivity index (χ3v) is 4.51. The van der Waals surface area contributed by atoms with Crippen molar-refractivity contribution in [1.29, 1.82) is 0 Å². The van der Waals surface area contributed by atoms with Crippen LogP contribution in [0.25, 0.3) is 0 Å². The second kappa shape index (κ2) is 5.37. The highest BCUT2D eigenvalue weighted by molar-refractivity contribution is 6.45. The van der Waals surface area contributed by atoms with Crippen molar-refractivity contribution in [2.75, 3.05) is 13.1 Å². The predicted molar refractivity (Wildman–Crippen MR) is 69.2 cm³/mol. The van der Waals surface area contributed by atoms with Crippen molar-refractivity contribution in [3.05, 3.63) is 12.2 Å². The van der Waals surface area contributed by atoms with E-state index in [2.05, 4.69) is 11.4 Å². The lowest BCUT2D eigenvalue weighted by Gasteiger charge is -2.38. The van der Waals surface area contributed by atoms with E-state index in [0.29, 0.717) is 0 Å². The minimum atomic E-state index is -0.257. The lowest BCUT2D eigenvalue weighted by molar-refractivity contribution is 0.172. The Kier molecular flexibility index (Phi) is 4.09. The van der Waals surface area contributed by atoms with E-state index in [4.69, 9.17) is 0 Å². The minimum absolute atomic E-state index is 0.257. The molecule has 1 N–H and O–H groups in total. The van der Waals surface area contributed by atoms with Gasteiger partial charge in [0.1, 0.15) is 0 Å². The van der Waals surface area contributed by atoms with Crippen LogP contribution in [0.3, 0.4) is 0 Å². The van der Waals surface area contributed by atoms with Gasteiger partial charge in [0.15, 0.2) is 0 Å². The highest BCUT2D eigenvalue weighted by atomic mass is 16.2. The van der Waals surface area contributed by atoms with Crippen LogP contribution in [0.1, 0.15) is 38.5 Å². The van der Waals surface area contributed by atoms with Gasteiger partial charge in [0.25, 0.3) is 0 Å². The zero-order valence-corrected chi connectivity index (χ0v) is 10.5. The third kappa shape index (κ3) is 2.89. The summed E-state index contributed by atoms with van der Waals surface area (Å²) in [5, 5.41) is 9.52. The highest BCUT2D eigenvalue weighted by Crippen LogP contribution is 2.37. The number of hydrogen-bond donors (Lipinski definition) is 1. The van der Waals surface area contributed by atoms with Crippen molar-refractivity contribution >= 4 is 7.05 Å². The molecule has 90 valence electrons. The molecule has 1 saturated carbocycles. The first-order valence-electron chi connectivity index (χ1n) is 6.75. The number of nitrogens with zero attached hydrogens (tertiary/aromatic N) is 1. The van der Waals surface area contributed by atoms with Crippen molar-refractivity contribution in [3.8, 4) is 0 Å². The second-order valence-corrected chi connectivity index (χ2v) is 5.59. The van der Waals surface area contributed by atoms with Crippen LogP contribution in [0.5, 0.6) is 0 Å². The molecular formula is C13H24BNO. The zero-order chi connectivity index (χ0) is 11.5. The third-order valence-electron chi connectivity index (χ3n) is 4.51. The summed E-state index contributed by atoms with van der Waals surface area (Å²) in [4.78, 5) is 2.19. The monoisotopic (exact) mass is 221 g/mol. The van der Waals surface area contributed by atoms with Crippen molar-refractivity contribution < 1.29 is 5.02 Å². The molecule has 2 fully saturated rings. The van der Waals surface area contributed by atoms with Gasteiger partial charge in [0.05, 0.1) is 0 Å². The average Bonchev–Trinajstić information content (AvgIpc) is 2.30. The summed E-state index contributed by atoms with van der Waals surface area (Å²) in [6, 6.07) is 0. The van der Waals surface area contributed by atoms with Crippen LogP contribution in [0.15, 0.2) is 12.2 Å². The Morgan fingerprint density at radius 1 is 1.12 bits per heavy atom. The fourth-order valence-corrected chi connectivity index (χ4v) is 3.28. The second-order valence-electron chi connectivity index (χ2n) is 5.59. The van der Waals surface area contributed by atoms with E-state index in [-0.39, 0.29) is 7.05 Å². The summed E-state index contributed by atoms with van der Waals surface area (Å²) in [7, 11) is -0.257. The molecule has 16 heavy (non-hydrogen) atoms. The van der Waals surface area contributed by atoms with E-state index >= 15 is 0 Å². The van der Waals surface area contributed by atoms with E-state index < -0.39 is 0 Å². The Hall–Kier alpha value is -0.275. The Balaban J connectivity index is 1.78. The van der Waals surface area contributed by atoms with Gasteiger partial charge < -0.3 is 9.83 Å². The van der Waals surface area contributed by atoms with Crippen LogP contribution in [0.4, 0.5) is 0 Å². The largest absolute Gasteiger partial charge is 0.437 e. The van der Waals surface area contributed by atoms with Gasteiger partial charge >= 0.3 is 7.05 Å². The molecule has 0 radical (unpaired) electrons. The molecule has 3 heteroatoms. The van der Waals surface area contributed by atoms with Crippen LogP contribution >= 0.6 is 0 Å². The van der Waals surface area contributed by atoms with Crippen molar-refractivity contribution in [2.45, 2.75) is 45.3 Å². The van der Waals surface area contributed by atoms with Crippen molar-refractivity contribution in [2.24, 2.45) is 11.8 Å². The van der Waals surface area contributed by atoms with Gasteiger partial charge in [-0.1, -0.05) is 12.2 Å². The molecular weight excluding hydrogens is 197 g/mol. The van der Waals surface area contributed by atoms with E-state index in [1.54, 1.807) is 0 Å². The number of allylic oxidation sites excluding steroid dienone is 1. The molecule has 1 saturated heterocycles. The molecule has 0 aromatic heterocycles. The summed E-state index contributed by atoms with van der Waals surface area (Å²) >= 11 is 0. The quantitative estimate of drug-likeness (QED) is 0.572. The fraction of sp³-hybridized carbons (Fsp3) is 0.846. The van der Waals surface area contributed by atoms with Crippen molar-refractivity contribution in [3.63, 3.8) is 0 Å². The van der Waals surface area contributed by atoms with E-state index in [1.807, 2.05) is 6.82 Å². The van der Waals surface area contributed by atoms with Gasteiger partial charge in [0.2, 0.25) is 0 Å². The Morgan fingerprint density at radius 3 is 2.12 bits per heavy atom. The molecule has 0 unspecified atom stereocenters. The van der Waals surface area contributed by atoms with Crippen LogP contribution in [-0.2, 0) is 0 Å². The lowest BCUT2D eigenvalue weighted by atomic mass is 9.72. The lowest BCUT2D eigenvalue weighted by Crippen LogP contribution is -2.44. The average molecular weight is 221 g/mol. The molecule has 0 bridgehead atoms. The number of piperidine rings is 1. The Morgan fingerprint density at radius 2 is 1.62 bits per heavy atom. The van der Waals surface area contributed by atoms with Crippen LogP contribution in [0.2, 0.25) is 6.82 Å². The molecule has 1 aliphatic heterocycles. The first-order valence-corrected chi connectivity index (χ1v) is 6.75. The number of rotatable bonds is 2. The molecule has 0 amide bonds. The maximum atomic E-state index is 9.52. The van der Waals surface area contributed by atoms with E-state index in [1.165, 1.54) is 44.1 Å². The zero-order valence-electron chi connectivity index (χ0n) is 10.5. The van der Waals surface area contributed by atoms with Crippen LogP contribution in [0, 0.1) is 11.8 Å². The highest BCUT2D eigenvalue weighted by Gasteiger charge is 2.30. The van der Waals surface area contributed by atoms with Gasteiger partial charge in [-0.25, -0.2) is 0 Å². The first-order chi connectivity index (χ1) is 7.66. The summed E-state index contributed by atoms with van der Waals surface area (Å²) in [6.45, 7) is 8.13. The van der Waals surface area contributed by atoms with Gasteiger partial charge in [-0.15, -0.1) is 0 Å². The van der Waals surface area contributed by atoms with Gasteiger partial charge in [-0.3, -0.25) is 0 Å². The van der Waals surface area contributed by atoms with Gasteiger partial charge in [-0.05, 0) is 70.3 Å². The molecule has 0 aromatic carbocycles. The maximum Gasteiger partial charge on any atom is 0.376 e. The summed E-state index contributed by atoms with van der Waals surface area (Å²) < 4.78 is 0. The summed E-state index contributed by atoms with van der Waals surface area (Å²) in [6.07, 6.45) is 7.78. The van der Waals surface area contributed by atoms with Gasteiger partial charge in [0, 0.05) is 0 Å². The van der Waals surface area contributed by atoms with Crippen LogP contribution in [-0.4, -0.2) is 30.0 Å². The topological polar surface area (TPSA) is 23.5 Å². The normalized spacial score (nSPS) is 26.0. The Labute approximate surface area is 99.9 Å². The summed E-state index contributed by atoms with van der Waals surface area (Å²) in [5.41, 5.74) is 1.46. The first kappa shape index (κ1) is 12.2. The predicted octanol–water partition coefficient (Wildman–Crippen LogP) is 2.56. The SMILES string of the molecule is C=C1CCC(C2CCN(B(C)O)CC2)CC1. The van der Waals surface area contributed by atoms with Crippen LogP contribution < -0.4 is 0 Å². The van der Waals surface area contributed by atoms with Crippen molar-refractivity contribution in [1.82, 2.24) is 4.81 Å². The molecule has 0 spiro atoms. The molecule has 1 heterocycles. The molecule has 2 nitrogen and oxygen atoms in total. The van der Waals surface area contributed by atoms with Gasteiger partial charge in [-0.2, -0.15) is 0 Å². The molecule has 1 aliphatic carbocycles. The maximum absolute atomic E-state index is 9.52. The Bertz CT molecular complexity index is 236. The van der Waals surface area contributed by atoms with E-state index in [9.17, 15) is 5.02 Å². The molecule has 0 atom stereocenters. The molecule has 2 rings (SSSR count). The number of hydrogen-bond acceptors (Lipinski definition) is 2. The van der Waals surface area contributed by atoms with E-state index in [0.717, 1.165) is 24.9 Å². The molecule has 2 aliphatic rings.